The molecule has 0 radical (unpaired) electrons. The number of hydrogen-bond donors (Lipinski definition) is 1. The van der Waals surface area contributed by atoms with E-state index in [9.17, 15) is 0 Å². The molecule has 0 aliphatic heterocycles. The minimum absolute atomic E-state index is 0.402. The number of hydrogen-bond acceptors (Lipinski definition) is 4. The van der Waals surface area contributed by atoms with Crippen LogP contribution in [0.1, 0.15) is 49.4 Å². The van der Waals surface area contributed by atoms with E-state index < -0.39 is 0 Å². The highest BCUT2D eigenvalue weighted by atomic mass is 16.5. The lowest BCUT2D eigenvalue weighted by atomic mass is 9.90. The highest BCUT2D eigenvalue weighted by Crippen LogP contribution is 2.27. The second kappa shape index (κ2) is 7.23. The van der Waals surface area contributed by atoms with Crippen molar-refractivity contribution < 1.29 is 4.74 Å². The van der Waals surface area contributed by atoms with Crippen molar-refractivity contribution in [3.8, 4) is 5.75 Å². The zero-order chi connectivity index (χ0) is 15.4. The van der Waals surface area contributed by atoms with Crippen LogP contribution in [0.5, 0.6) is 5.75 Å². The summed E-state index contributed by atoms with van der Waals surface area (Å²) in [6.07, 6.45) is 6.62. The lowest BCUT2D eigenvalue weighted by Gasteiger charge is -2.35. The van der Waals surface area contributed by atoms with Crippen molar-refractivity contribution in [1.82, 2.24) is 9.88 Å². The Hall–Kier alpha value is -1.13. The molecular formula is C17H29N3O. The van der Waals surface area contributed by atoms with E-state index >= 15 is 0 Å². The van der Waals surface area contributed by atoms with Crippen molar-refractivity contribution in [1.29, 1.82) is 0 Å². The number of nitrogens with two attached hydrogens (primary N) is 1. The Morgan fingerprint density at radius 1 is 1.29 bits per heavy atom. The Morgan fingerprint density at radius 3 is 2.52 bits per heavy atom. The third-order valence-corrected chi connectivity index (χ3v) is 4.77. The largest absolute Gasteiger partial charge is 0.496 e. The molecule has 1 aromatic rings. The van der Waals surface area contributed by atoms with Crippen LogP contribution in [0.2, 0.25) is 0 Å². The first-order chi connectivity index (χ1) is 10.1. The molecule has 118 valence electrons. The molecule has 4 heteroatoms. The van der Waals surface area contributed by atoms with Crippen molar-refractivity contribution >= 4 is 0 Å². The van der Waals surface area contributed by atoms with Gasteiger partial charge in [-0.05, 0) is 46.1 Å². The third-order valence-electron chi connectivity index (χ3n) is 4.77. The first-order valence-electron chi connectivity index (χ1n) is 8.05. The maximum atomic E-state index is 6.02. The molecule has 1 aromatic heterocycles. The lowest BCUT2D eigenvalue weighted by molar-refractivity contribution is 0.147. The number of nitrogens with zero attached hydrogens (tertiary/aromatic N) is 2. The SMILES string of the molecule is CCN(Cc1ncc(C)c(OC)c1C)C1CCC(N)CC1. The summed E-state index contributed by atoms with van der Waals surface area (Å²) in [4.78, 5) is 7.18. The van der Waals surface area contributed by atoms with Crippen LogP contribution in [-0.2, 0) is 6.54 Å². The number of ether oxygens (including phenoxy) is 1. The van der Waals surface area contributed by atoms with Crippen LogP contribution in [-0.4, -0.2) is 35.6 Å². The number of aromatic nitrogens is 1. The fourth-order valence-electron chi connectivity index (χ4n) is 3.39. The van der Waals surface area contributed by atoms with Crippen molar-refractivity contribution in [2.75, 3.05) is 13.7 Å². The van der Waals surface area contributed by atoms with E-state index in [4.69, 9.17) is 10.5 Å². The van der Waals surface area contributed by atoms with Gasteiger partial charge in [-0.15, -0.1) is 0 Å². The maximum absolute atomic E-state index is 6.02. The average molecular weight is 291 g/mol. The van der Waals surface area contributed by atoms with E-state index in [1.807, 2.05) is 13.1 Å². The number of aryl methyl sites for hydroxylation is 1. The maximum Gasteiger partial charge on any atom is 0.128 e. The topological polar surface area (TPSA) is 51.4 Å². The van der Waals surface area contributed by atoms with Gasteiger partial charge in [0.2, 0.25) is 0 Å². The van der Waals surface area contributed by atoms with Gasteiger partial charge in [0, 0.05) is 36.0 Å². The molecule has 0 atom stereocenters. The van der Waals surface area contributed by atoms with Gasteiger partial charge in [0.25, 0.3) is 0 Å². The van der Waals surface area contributed by atoms with Gasteiger partial charge in [-0.1, -0.05) is 6.92 Å². The van der Waals surface area contributed by atoms with Crippen molar-refractivity contribution in [3.05, 3.63) is 23.0 Å². The van der Waals surface area contributed by atoms with E-state index in [0.29, 0.717) is 12.1 Å². The van der Waals surface area contributed by atoms with Crippen LogP contribution in [0.25, 0.3) is 0 Å². The Labute approximate surface area is 128 Å². The molecule has 1 saturated carbocycles. The second-order valence-electron chi connectivity index (χ2n) is 6.18. The van der Waals surface area contributed by atoms with Crippen LogP contribution in [0.15, 0.2) is 6.20 Å². The molecule has 2 rings (SSSR count). The molecule has 0 unspecified atom stereocenters. The molecule has 0 spiro atoms. The van der Waals surface area contributed by atoms with Crippen molar-refractivity contribution in [3.63, 3.8) is 0 Å². The zero-order valence-electron chi connectivity index (χ0n) is 13.9. The van der Waals surface area contributed by atoms with Gasteiger partial charge < -0.3 is 10.5 Å². The normalized spacial score (nSPS) is 22.6. The predicted octanol–water partition coefficient (Wildman–Crippen LogP) is 2.80. The van der Waals surface area contributed by atoms with Crippen molar-refractivity contribution in [2.24, 2.45) is 5.73 Å². The monoisotopic (exact) mass is 291 g/mol. The molecule has 1 aliphatic carbocycles. The van der Waals surface area contributed by atoms with Gasteiger partial charge in [0.1, 0.15) is 5.75 Å². The Morgan fingerprint density at radius 2 is 1.95 bits per heavy atom. The summed E-state index contributed by atoms with van der Waals surface area (Å²) in [5.74, 6) is 0.974. The third kappa shape index (κ3) is 3.74. The van der Waals surface area contributed by atoms with Gasteiger partial charge in [0.15, 0.2) is 0 Å². The highest BCUT2D eigenvalue weighted by Gasteiger charge is 2.24. The highest BCUT2D eigenvalue weighted by molar-refractivity contribution is 5.41. The number of methoxy groups -OCH3 is 1. The summed E-state index contributed by atoms with van der Waals surface area (Å²) >= 11 is 0. The lowest BCUT2D eigenvalue weighted by Crippen LogP contribution is -2.40. The molecule has 1 fully saturated rings. The fraction of sp³-hybridized carbons (Fsp3) is 0.706. The molecule has 0 amide bonds. The van der Waals surface area contributed by atoms with Crippen LogP contribution in [0.4, 0.5) is 0 Å². The van der Waals surface area contributed by atoms with Gasteiger partial charge in [-0.3, -0.25) is 9.88 Å². The van der Waals surface area contributed by atoms with Gasteiger partial charge >= 0.3 is 0 Å². The molecule has 0 saturated heterocycles. The fourth-order valence-corrected chi connectivity index (χ4v) is 3.39. The molecular weight excluding hydrogens is 262 g/mol. The number of pyridine rings is 1. The smallest absolute Gasteiger partial charge is 0.128 e. The van der Waals surface area contributed by atoms with E-state index in [1.165, 1.54) is 18.4 Å². The van der Waals surface area contributed by atoms with Gasteiger partial charge in [-0.2, -0.15) is 0 Å². The zero-order valence-corrected chi connectivity index (χ0v) is 13.9. The molecule has 1 heterocycles. The van der Waals surface area contributed by atoms with Gasteiger partial charge in [0.05, 0.1) is 12.8 Å². The number of rotatable bonds is 5. The molecule has 0 bridgehead atoms. The quantitative estimate of drug-likeness (QED) is 0.906. The summed E-state index contributed by atoms with van der Waals surface area (Å²) < 4.78 is 5.52. The summed E-state index contributed by atoms with van der Waals surface area (Å²) in [5.41, 5.74) is 9.43. The predicted molar refractivity (Wildman–Crippen MR) is 86.6 cm³/mol. The standard InChI is InChI=1S/C17H29N3O/c1-5-20(15-8-6-14(18)7-9-15)11-16-13(3)17(21-4)12(2)10-19-16/h10,14-15H,5-9,11,18H2,1-4H3. The molecule has 4 nitrogen and oxygen atoms in total. The van der Waals surface area contributed by atoms with Crippen molar-refractivity contribution in [2.45, 2.75) is 65.1 Å². The van der Waals surface area contributed by atoms with Crippen LogP contribution in [0, 0.1) is 13.8 Å². The summed E-state index contributed by atoms with van der Waals surface area (Å²) in [7, 11) is 1.74. The van der Waals surface area contributed by atoms with E-state index in [0.717, 1.165) is 42.9 Å². The molecule has 21 heavy (non-hydrogen) atoms. The van der Waals surface area contributed by atoms with E-state index in [1.54, 1.807) is 7.11 Å². The Balaban J connectivity index is 2.12. The molecule has 0 aromatic carbocycles. The van der Waals surface area contributed by atoms with Crippen LogP contribution >= 0.6 is 0 Å². The first-order valence-corrected chi connectivity index (χ1v) is 8.05. The Kier molecular flexibility index (Phi) is 5.59. The summed E-state index contributed by atoms with van der Waals surface area (Å²) in [5, 5.41) is 0. The minimum Gasteiger partial charge on any atom is -0.496 e. The summed E-state index contributed by atoms with van der Waals surface area (Å²) in [6, 6.07) is 1.04. The first kappa shape index (κ1) is 16.2. The average Bonchev–Trinajstić information content (AvgIpc) is 2.48. The Bertz CT molecular complexity index is 467. The van der Waals surface area contributed by atoms with Gasteiger partial charge in [-0.25, -0.2) is 0 Å². The summed E-state index contributed by atoms with van der Waals surface area (Å²) in [6.45, 7) is 8.34. The molecule has 2 N–H and O–H groups in total. The van der Waals surface area contributed by atoms with Crippen LogP contribution < -0.4 is 10.5 Å². The van der Waals surface area contributed by atoms with Crippen LogP contribution in [0.3, 0.4) is 0 Å². The minimum atomic E-state index is 0.402. The molecule has 1 aliphatic rings. The second-order valence-corrected chi connectivity index (χ2v) is 6.18. The van der Waals surface area contributed by atoms with E-state index in [-0.39, 0.29) is 0 Å². The van der Waals surface area contributed by atoms with E-state index in [2.05, 4.69) is 23.7 Å².